The molecule has 0 radical (unpaired) electrons. The number of pyridine rings is 1. The van der Waals surface area contributed by atoms with Gasteiger partial charge in [-0.25, -0.2) is 4.98 Å². The van der Waals surface area contributed by atoms with Crippen LogP contribution in [0.25, 0.3) is 0 Å². The Hall–Kier alpha value is -1.29. The highest BCUT2D eigenvalue weighted by atomic mass is 35.5. The molecule has 1 saturated carbocycles. The van der Waals surface area contributed by atoms with Crippen LogP contribution in [0.1, 0.15) is 48.9 Å². The first-order valence-corrected chi connectivity index (χ1v) is 7.24. The topological polar surface area (TPSA) is 68.0 Å². The van der Waals surface area contributed by atoms with Gasteiger partial charge in [-0.15, -0.1) is 0 Å². The van der Waals surface area contributed by atoms with Crippen LogP contribution < -0.4 is 11.1 Å². The predicted octanol–water partition coefficient (Wildman–Crippen LogP) is 3.02. The van der Waals surface area contributed by atoms with Crippen LogP contribution in [0, 0.1) is 5.92 Å². The Labute approximate surface area is 118 Å². The first kappa shape index (κ1) is 14.1. The first-order chi connectivity index (χ1) is 9.16. The molecule has 0 aliphatic heterocycles. The number of anilines is 1. The number of halogens is 1. The van der Waals surface area contributed by atoms with Crippen LogP contribution in [-0.4, -0.2) is 17.4 Å². The van der Waals surface area contributed by atoms with Gasteiger partial charge < -0.3 is 11.1 Å². The van der Waals surface area contributed by atoms with Gasteiger partial charge >= 0.3 is 0 Å². The van der Waals surface area contributed by atoms with Crippen molar-refractivity contribution in [3.8, 4) is 0 Å². The fourth-order valence-corrected chi connectivity index (χ4v) is 2.78. The second-order valence-electron chi connectivity index (χ2n) is 5.14. The lowest BCUT2D eigenvalue weighted by atomic mass is 9.87. The van der Waals surface area contributed by atoms with Crippen LogP contribution in [0.4, 0.5) is 5.82 Å². The molecule has 1 aliphatic rings. The molecule has 1 amide bonds. The van der Waals surface area contributed by atoms with Crippen LogP contribution in [0.5, 0.6) is 0 Å². The lowest BCUT2D eigenvalue weighted by Crippen LogP contribution is -2.26. The van der Waals surface area contributed by atoms with Crippen molar-refractivity contribution in [1.82, 2.24) is 10.3 Å². The number of hydrogen-bond acceptors (Lipinski definition) is 3. The van der Waals surface area contributed by atoms with Gasteiger partial charge in [0.1, 0.15) is 5.82 Å². The van der Waals surface area contributed by atoms with E-state index in [0.29, 0.717) is 22.9 Å². The van der Waals surface area contributed by atoms with Crippen molar-refractivity contribution in [2.24, 2.45) is 5.92 Å². The number of nitrogen functional groups attached to an aromatic ring is 1. The molecule has 2 rings (SSSR count). The number of carbonyl (C=O) groups is 1. The van der Waals surface area contributed by atoms with Crippen LogP contribution in [0.3, 0.4) is 0 Å². The Balaban J connectivity index is 1.82. The molecule has 1 fully saturated rings. The molecule has 0 atom stereocenters. The number of nitrogens with two attached hydrogens (primary N) is 1. The molecule has 3 N–H and O–H groups in total. The Bertz CT molecular complexity index is 444. The van der Waals surface area contributed by atoms with E-state index in [0.717, 1.165) is 12.3 Å². The zero-order chi connectivity index (χ0) is 13.7. The smallest absolute Gasteiger partial charge is 0.252 e. The van der Waals surface area contributed by atoms with Gasteiger partial charge in [0, 0.05) is 12.7 Å². The SMILES string of the molecule is Nc1cc(C(=O)NCCC2CCCCC2)c(Cl)cn1. The van der Waals surface area contributed by atoms with E-state index < -0.39 is 0 Å². The van der Waals surface area contributed by atoms with Crippen LogP contribution in [0.15, 0.2) is 12.3 Å². The molecule has 0 aromatic carbocycles. The molecular formula is C14H20ClN3O. The summed E-state index contributed by atoms with van der Waals surface area (Å²) in [7, 11) is 0. The molecule has 5 heteroatoms. The molecule has 104 valence electrons. The van der Waals surface area contributed by atoms with Gasteiger partial charge in [0.05, 0.1) is 10.6 Å². The monoisotopic (exact) mass is 281 g/mol. The van der Waals surface area contributed by atoms with Gasteiger partial charge in [0.15, 0.2) is 0 Å². The van der Waals surface area contributed by atoms with E-state index in [1.54, 1.807) is 0 Å². The van der Waals surface area contributed by atoms with Gasteiger partial charge in [-0.3, -0.25) is 4.79 Å². The Kier molecular flexibility index (Phi) is 5.02. The number of carbonyl (C=O) groups excluding carboxylic acids is 1. The van der Waals surface area contributed by atoms with E-state index in [9.17, 15) is 4.79 Å². The highest BCUT2D eigenvalue weighted by Gasteiger charge is 2.15. The van der Waals surface area contributed by atoms with Crippen molar-refractivity contribution in [1.29, 1.82) is 0 Å². The first-order valence-electron chi connectivity index (χ1n) is 6.86. The number of nitrogens with zero attached hydrogens (tertiary/aromatic N) is 1. The maximum atomic E-state index is 12.0. The summed E-state index contributed by atoms with van der Waals surface area (Å²) in [6.45, 7) is 0.696. The van der Waals surface area contributed by atoms with E-state index in [2.05, 4.69) is 10.3 Å². The van der Waals surface area contributed by atoms with Crippen molar-refractivity contribution in [3.05, 3.63) is 22.8 Å². The summed E-state index contributed by atoms with van der Waals surface area (Å²) in [5.41, 5.74) is 5.96. The summed E-state index contributed by atoms with van der Waals surface area (Å²) in [5, 5.41) is 3.24. The zero-order valence-electron chi connectivity index (χ0n) is 11.0. The van der Waals surface area contributed by atoms with Crippen LogP contribution in [0.2, 0.25) is 5.02 Å². The van der Waals surface area contributed by atoms with Crippen molar-refractivity contribution in [3.63, 3.8) is 0 Å². The number of amides is 1. The molecule has 1 heterocycles. The van der Waals surface area contributed by atoms with E-state index in [1.807, 2.05) is 0 Å². The molecular weight excluding hydrogens is 262 g/mol. The van der Waals surface area contributed by atoms with E-state index in [-0.39, 0.29) is 5.91 Å². The minimum Gasteiger partial charge on any atom is -0.384 e. The summed E-state index contributed by atoms with van der Waals surface area (Å²) in [6, 6.07) is 1.51. The molecule has 4 nitrogen and oxygen atoms in total. The molecule has 0 unspecified atom stereocenters. The van der Waals surface area contributed by atoms with Gasteiger partial charge in [-0.05, 0) is 18.4 Å². The number of hydrogen-bond donors (Lipinski definition) is 2. The second kappa shape index (κ2) is 6.75. The Morgan fingerprint density at radius 1 is 1.42 bits per heavy atom. The van der Waals surface area contributed by atoms with Gasteiger partial charge in [0.25, 0.3) is 5.91 Å². The Morgan fingerprint density at radius 2 is 2.16 bits per heavy atom. The number of nitrogens with one attached hydrogen (secondary N) is 1. The average molecular weight is 282 g/mol. The summed E-state index contributed by atoms with van der Waals surface area (Å²) in [5.74, 6) is 0.892. The molecule has 0 saturated heterocycles. The fourth-order valence-electron chi connectivity index (χ4n) is 2.59. The van der Waals surface area contributed by atoms with Crippen molar-refractivity contribution in [2.45, 2.75) is 38.5 Å². The quantitative estimate of drug-likeness (QED) is 0.891. The van der Waals surface area contributed by atoms with Crippen LogP contribution >= 0.6 is 11.6 Å². The van der Waals surface area contributed by atoms with Gasteiger partial charge in [0.2, 0.25) is 0 Å². The predicted molar refractivity (Wildman–Crippen MR) is 77.2 cm³/mol. The van der Waals surface area contributed by atoms with E-state index in [4.69, 9.17) is 17.3 Å². The van der Waals surface area contributed by atoms with Gasteiger partial charge in [-0.2, -0.15) is 0 Å². The normalized spacial score (nSPS) is 16.3. The highest BCUT2D eigenvalue weighted by Crippen LogP contribution is 2.25. The third kappa shape index (κ3) is 4.10. The molecule has 19 heavy (non-hydrogen) atoms. The molecule has 1 aromatic heterocycles. The van der Waals surface area contributed by atoms with Gasteiger partial charge in [-0.1, -0.05) is 43.7 Å². The fraction of sp³-hybridized carbons (Fsp3) is 0.571. The second-order valence-corrected chi connectivity index (χ2v) is 5.54. The third-order valence-electron chi connectivity index (χ3n) is 3.68. The summed E-state index contributed by atoms with van der Waals surface area (Å²) >= 11 is 5.94. The minimum absolute atomic E-state index is 0.171. The summed E-state index contributed by atoms with van der Waals surface area (Å²) < 4.78 is 0. The maximum Gasteiger partial charge on any atom is 0.252 e. The lowest BCUT2D eigenvalue weighted by molar-refractivity contribution is 0.0950. The minimum atomic E-state index is -0.171. The Morgan fingerprint density at radius 3 is 2.89 bits per heavy atom. The molecule has 1 aromatic rings. The average Bonchev–Trinajstić information content (AvgIpc) is 2.42. The molecule has 0 bridgehead atoms. The lowest BCUT2D eigenvalue weighted by Gasteiger charge is -2.21. The standard InChI is InChI=1S/C14H20ClN3O/c15-12-9-18-13(16)8-11(12)14(19)17-7-6-10-4-2-1-3-5-10/h8-10H,1-7H2,(H2,16,18)(H,17,19). The third-order valence-corrected chi connectivity index (χ3v) is 3.99. The van der Waals surface area contributed by atoms with Crippen molar-refractivity contribution in [2.75, 3.05) is 12.3 Å². The number of rotatable bonds is 4. The van der Waals surface area contributed by atoms with E-state index in [1.165, 1.54) is 44.4 Å². The number of aromatic nitrogens is 1. The molecule has 1 aliphatic carbocycles. The summed E-state index contributed by atoms with van der Waals surface area (Å²) in [4.78, 5) is 15.8. The molecule has 0 spiro atoms. The maximum absolute atomic E-state index is 12.0. The van der Waals surface area contributed by atoms with Crippen molar-refractivity contribution < 1.29 is 4.79 Å². The van der Waals surface area contributed by atoms with Crippen LogP contribution in [-0.2, 0) is 0 Å². The largest absolute Gasteiger partial charge is 0.384 e. The highest BCUT2D eigenvalue weighted by molar-refractivity contribution is 6.33. The van der Waals surface area contributed by atoms with Crippen molar-refractivity contribution >= 4 is 23.3 Å². The summed E-state index contributed by atoms with van der Waals surface area (Å²) in [6.07, 6.45) is 9.04. The van der Waals surface area contributed by atoms with E-state index >= 15 is 0 Å². The zero-order valence-corrected chi connectivity index (χ0v) is 11.7.